The normalized spacial score (nSPS) is 32.9. The Bertz CT molecular complexity index is 466. The van der Waals surface area contributed by atoms with Crippen molar-refractivity contribution in [2.24, 2.45) is 0 Å². The van der Waals surface area contributed by atoms with Gasteiger partial charge in [-0.1, -0.05) is 0 Å². The number of anilines is 1. The van der Waals surface area contributed by atoms with E-state index in [2.05, 4.69) is 4.98 Å². The van der Waals surface area contributed by atoms with Crippen molar-refractivity contribution >= 4 is 5.82 Å². The van der Waals surface area contributed by atoms with Crippen LogP contribution in [-0.4, -0.2) is 44.8 Å². The molecule has 1 aromatic heterocycles. The third-order valence-corrected chi connectivity index (χ3v) is 2.60. The molecule has 4 atom stereocenters. The molecule has 0 bridgehead atoms. The van der Waals surface area contributed by atoms with Crippen LogP contribution in [-0.2, 0) is 4.74 Å². The lowest BCUT2D eigenvalue weighted by atomic mass is 10.1. The topological polar surface area (TPSA) is 111 Å². The summed E-state index contributed by atoms with van der Waals surface area (Å²) in [7, 11) is 0. The Kier molecular flexibility index (Phi) is 3.09. The van der Waals surface area contributed by atoms with Gasteiger partial charge < -0.3 is 20.7 Å². The third-order valence-electron chi connectivity index (χ3n) is 2.60. The van der Waals surface area contributed by atoms with E-state index >= 15 is 0 Å². The van der Waals surface area contributed by atoms with E-state index in [9.17, 15) is 14.3 Å². The Hall–Kier alpha value is -1.51. The number of nitrogens with two attached hydrogens (primary N) is 1. The molecule has 0 radical (unpaired) electrons. The Morgan fingerprint density at radius 3 is 2.88 bits per heavy atom. The number of nitrogen functional groups attached to an aromatic ring is 1. The summed E-state index contributed by atoms with van der Waals surface area (Å²) in [4.78, 5) is 14.9. The van der Waals surface area contributed by atoms with Gasteiger partial charge >= 0.3 is 5.69 Å². The van der Waals surface area contributed by atoms with Gasteiger partial charge in [0.2, 0.25) is 0 Å². The molecule has 4 N–H and O–H groups in total. The first-order valence-electron chi connectivity index (χ1n) is 4.97. The van der Waals surface area contributed by atoms with E-state index < -0.39 is 36.9 Å². The van der Waals surface area contributed by atoms with Crippen LogP contribution in [0.3, 0.4) is 0 Å². The molecule has 1 saturated heterocycles. The first-order chi connectivity index (χ1) is 8.04. The lowest BCUT2D eigenvalue weighted by Gasteiger charge is -2.15. The zero-order chi connectivity index (χ0) is 12.6. The fourth-order valence-electron chi connectivity index (χ4n) is 1.70. The summed E-state index contributed by atoms with van der Waals surface area (Å²) >= 11 is 0. The van der Waals surface area contributed by atoms with Gasteiger partial charge in [0.1, 0.15) is 18.0 Å². The zero-order valence-electron chi connectivity index (χ0n) is 8.73. The van der Waals surface area contributed by atoms with Gasteiger partial charge in [-0.25, -0.2) is 9.18 Å². The summed E-state index contributed by atoms with van der Waals surface area (Å²) in [6.07, 6.45) is -4.42. The highest BCUT2D eigenvalue weighted by atomic mass is 19.1. The minimum Gasteiger partial charge on any atom is -0.394 e. The first kappa shape index (κ1) is 12.0. The van der Waals surface area contributed by atoms with Crippen LogP contribution in [0.2, 0.25) is 0 Å². The SMILES string of the molecule is Nc1ccn([C@H]2O[C@@H](CO)C(O)[C@H]2F)c(=O)n1. The smallest absolute Gasteiger partial charge is 0.351 e. The molecule has 8 heteroatoms. The number of aliphatic hydroxyl groups excluding tert-OH is 2. The highest BCUT2D eigenvalue weighted by molar-refractivity contribution is 5.23. The van der Waals surface area contributed by atoms with Crippen LogP contribution in [0, 0.1) is 0 Å². The van der Waals surface area contributed by atoms with E-state index in [1.165, 1.54) is 12.3 Å². The van der Waals surface area contributed by atoms with Crippen molar-refractivity contribution in [3.05, 3.63) is 22.7 Å². The van der Waals surface area contributed by atoms with Gasteiger partial charge in [0.15, 0.2) is 12.4 Å². The molecule has 0 spiro atoms. The van der Waals surface area contributed by atoms with Crippen molar-refractivity contribution in [1.29, 1.82) is 0 Å². The monoisotopic (exact) mass is 245 g/mol. The Balaban J connectivity index is 2.32. The van der Waals surface area contributed by atoms with Crippen LogP contribution in [0.4, 0.5) is 10.2 Å². The Morgan fingerprint density at radius 2 is 2.35 bits per heavy atom. The van der Waals surface area contributed by atoms with E-state index in [0.29, 0.717) is 0 Å². The molecule has 94 valence electrons. The second-order valence-electron chi connectivity index (χ2n) is 3.72. The molecule has 17 heavy (non-hydrogen) atoms. The average Bonchev–Trinajstić information content (AvgIpc) is 2.57. The maximum absolute atomic E-state index is 13.7. The molecule has 0 amide bonds. The van der Waals surface area contributed by atoms with Gasteiger partial charge in [0.25, 0.3) is 0 Å². The maximum atomic E-state index is 13.7. The number of alkyl halides is 1. The van der Waals surface area contributed by atoms with Crippen LogP contribution in [0.15, 0.2) is 17.1 Å². The fraction of sp³-hybridized carbons (Fsp3) is 0.556. The third kappa shape index (κ3) is 2.02. The maximum Gasteiger partial charge on any atom is 0.351 e. The molecule has 0 aliphatic carbocycles. The molecular weight excluding hydrogens is 233 g/mol. The molecule has 2 heterocycles. The molecule has 1 unspecified atom stereocenters. The molecule has 0 aromatic carbocycles. The summed E-state index contributed by atoms with van der Waals surface area (Å²) in [6.45, 7) is -0.533. The van der Waals surface area contributed by atoms with Crippen LogP contribution in [0.25, 0.3) is 0 Å². The number of rotatable bonds is 2. The van der Waals surface area contributed by atoms with Gasteiger partial charge in [-0.2, -0.15) is 4.98 Å². The molecule has 0 saturated carbocycles. The second-order valence-corrected chi connectivity index (χ2v) is 3.72. The summed E-state index contributed by atoms with van der Waals surface area (Å²) in [5.74, 6) is 0.0129. The Labute approximate surface area is 95.3 Å². The molecule has 7 nitrogen and oxygen atoms in total. The first-order valence-corrected chi connectivity index (χ1v) is 4.97. The van der Waals surface area contributed by atoms with Crippen molar-refractivity contribution in [2.45, 2.75) is 24.6 Å². The number of nitrogens with zero attached hydrogens (tertiary/aromatic N) is 2. The highest BCUT2D eigenvalue weighted by Gasteiger charge is 2.45. The van der Waals surface area contributed by atoms with Gasteiger partial charge in [0, 0.05) is 6.20 Å². The molecule has 1 aliphatic rings. The van der Waals surface area contributed by atoms with E-state index in [0.717, 1.165) is 4.57 Å². The van der Waals surface area contributed by atoms with Crippen molar-refractivity contribution in [3.8, 4) is 0 Å². The summed E-state index contributed by atoms with van der Waals surface area (Å²) in [5, 5.41) is 18.3. The number of ether oxygens (including phenoxy) is 1. The van der Waals surface area contributed by atoms with E-state index in [-0.39, 0.29) is 5.82 Å². The van der Waals surface area contributed by atoms with E-state index in [4.69, 9.17) is 15.6 Å². The van der Waals surface area contributed by atoms with Crippen LogP contribution in [0.1, 0.15) is 6.23 Å². The highest BCUT2D eigenvalue weighted by Crippen LogP contribution is 2.30. The minimum absolute atomic E-state index is 0.0129. The molecule has 2 rings (SSSR count). The van der Waals surface area contributed by atoms with E-state index in [1.807, 2.05) is 0 Å². The largest absolute Gasteiger partial charge is 0.394 e. The summed E-state index contributed by atoms with van der Waals surface area (Å²) in [5.41, 5.74) is 4.52. The number of hydrogen-bond acceptors (Lipinski definition) is 6. The number of halogens is 1. The minimum atomic E-state index is -1.81. The van der Waals surface area contributed by atoms with Crippen molar-refractivity contribution < 1.29 is 19.3 Å². The number of hydrogen-bond donors (Lipinski definition) is 3. The predicted octanol–water partition coefficient (Wildman–Crippen LogP) is -1.59. The quantitative estimate of drug-likeness (QED) is 0.579. The lowest BCUT2D eigenvalue weighted by molar-refractivity contribution is -0.0490. The Morgan fingerprint density at radius 1 is 1.65 bits per heavy atom. The summed E-state index contributed by atoms with van der Waals surface area (Å²) < 4.78 is 19.6. The number of aliphatic hydroxyl groups is 2. The van der Waals surface area contributed by atoms with Crippen molar-refractivity contribution in [1.82, 2.24) is 9.55 Å². The van der Waals surface area contributed by atoms with Crippen LogP contribution >= 0.6 is 0 Å². The fourth-order valence-corrected chi connectivity index (χ4v) is 1.70. The molecule has 1 aliphatic heterocycles. The lowest BCUT2D eigenvalue weighted by Crippen LogP contribution is -2.33. The predicted molar refractivity (Wildman–Crippen MR) is 54.8 cm³/mol. The zero-order valence-corrected chi connectivity index (χ0v) is 8.73. The molecule has 1 aromatic rings. The van der Waals surface area contributed by atoms with Gasteiger partial charge in [-0.15, -0.1) is 0 Å². The van der Waals surface area contributed by atoms with E-state index in [1.54, 1.807) is 0 Å². The van der Waals surface area contributed by atoms with Crippen LogP contribution in [0.5, 0.6) is 0 Å². The van der Waals surface area contributed by atoms with Crippen LogP contribution < -0.4 is 11.4 Å². The summed E-state index contributed by atoms with van der Waals surface area (Å²) in [6, 6.07) is 1.32. The standard InChI is InChI=1S/C9H12FN3O4/c10-6-7(15)4(3-14)17-8(6)13-2-1-5(11)12-9(13)16/h1-2,4,6-8,14-15H,3H2,(H2,11,12,16)/t4-,6+,7?,8-/m0/s1. The second kappa shape index (κ2) is 4.40. The number of aromatic nitrogens is 2. The molecule has 1 fully saturated rings. The van der Waals surface area contributed by atoms with Crippen molar-refractivity contribution in [3.63, 3.8) is 0 Å². The van der Waals surface area contributed by atoms with Gasteiger partial charge in [0.05, 0.1) is 6.61 Å². The molecular formula is C9H12FN3O4. The van der Waals surface area contributed by atoms with Gasteiger partial charge in [-0.05, 0) is 6.07 Å². The van der Waals surface area contributed by atoms with Gasteiger partial charge in [-0.3, -0.25) is 4.57 Å². The van der Waals surface area contributed by atoms with Crippen molar-refractivity contribution in [2.75, 3.05) is 12.3 Å². The average molecular weight is 245 g/mol.